The van der Waals surface area contributed by atoms with Crippen LogP contribution in [0.5, 0.6) is 0 Å². The summed E-state index contributed by atoms with van der Waals surface area (Å²) in [5, 5.41) is 11.4. The van der Waals surface area contributed by atoms with E-state index in [4.69, 9.17) is 4.74 Å². The van der Waals surface area contributed by atoms with Gasteiger partial charge < -0.3 is 15.0 Å². The summed E-state index contributed by atoms with van der Waals surface area (Å²) in [7, 11) is 0. The van der Waals surface area contributed by atoms with Crippen LogP contribution in [0.15, 0.2) is 29.3 Å². The van der Waals surface area contributed by atoms with Crippen LogP contribution in [-0.2, 0) is 11.3 Å². The van der Waals surface area contributed by atoms with E-state index < -0.39 is 11.7 Å². The Hall–Kier alpha value is -2.69. The lowest BCUT2D eigenvalue weighted by atomic mass is 9.73. The molecule has 1 atom stereocenters. The first-order valence-electron chi connectivity index (χ1n) is 10.4. The molecular weight excluding hydrogens is 464 g/mol. The summed E-state index contributed by atoms with van der Waals surface area (Å²) >= 11 is 3.51. The van der Waals surface area contributed by atoms with E-state index in [1.165, 1.54) is 0 Å². The van der Waals surface area contributed by atoms with Crippen LogP contribution < -0.4 is 10.2 Å². The van der Waals surface area contributed by atoms with Crippen LogP contribution in [0.25, 0.3) is 5.65 Å². The van der Waals surface area contributed by atoms with Gasteiger partial charge >= 0.3 is 6.09 Å². The Morgan fingerprint density at radius 3 is 2.77 bits per heavy atom. The zero-order valence-corrected chi connectivity index (χ0v) is 19.3. The molecule has 10 nitrogen and oxygen atoms in total. The van der Waals surface area contributed by atoms with Crippen molar-refractivity contribution in [2.75, 3.05) is 18.0 Å². The van der Waals surface area contributed by atoms with Crippen LogP contribution in [0.4, 0.5) is 10.7 Å². The van der Waals surface area contributed by atoms with Crippen LogP contribution >= 0.6 is 15.9 Å². The van der Waals surface area contributed by atoms with Crippen molar-refractivity contribution in [1.29, 1.82) is 0 Å². The molecule has 1 fully saturated rings. The van der Waals surface area contributed by atoms with Gasteiger partial charge in [-0.3, -0.25) is 4.40 Å². The summed E-state index contributed by atoms with van der Waals surface area (Å²) in [6.07, 6.45) is 8.59. The van der Waals surface area contributed by atoms with Gasteiger partial charge in [-0.2, -0.15) is 0 Å². The molecule has 2 aliphatic rings. The fourth-order valence-corrected chi connectivity index (χ4v) is 5.07. The summed E-state index contributed by atoms with van der Waals surface area (Å²) in [6.45, 7) is 7.94. The summed E-state index contributed by atoms with van der Waals surface area (Å²) in [5.74, 6) is 0.875. The highest BCUT2D eigenvalue weighted by Gasteiger charge is 2.50. The first kappa shape index (κ1) is 20.2. The van der Waals surface area contributed by atoms with Gasteiger partial charge in [-0.15, -0.1) is 5.10 Å². The van der Waals surface area contributed by atoms with Crippen molar-refractivity contribution in [2.24, 2.45) is 5.41 Å². The number of fused-ring (bicyclic) bond motifs is 2. The molecule has 1 spiro atoms. The minimum absolute atomic E-state index is 0.137. The van der Waals surface area contributed by atoms with Gasteiger partial charge in [0.15, 0.2) is 5.65 Å². The number of rotatable bonds is 2. The molecule has 1 saturated heterocycles. The molecule has 1 N–H and O–H groups in total. The second-order valence-corrected chi connectivity index (χ2v) is 10.1. The lowest BCUT2D eigenvalue weighted by Gasteiger charge is -2.42. The van der Waals surface area contributed by atoms with Crippen LogP contribution in [0.1, 0.15) is 45.3 Å². The number of halogens is 1. The van der Waals surface area contributed by atoms with Crippen molar-refractivity contribution < 1.29 is 9.53 Å². The summed E-state index contributed by atoms with van der Waals surface area (Å²) in [5.41, 5.74) is 1.09. The molecule has 5 heterocycles. The normalized spacial score (nSPS) is 20.3. The maximum absolute atomic E-state index is 12.6. The molecule has 1 amide bonds. The van der Waals surface area contributed by atoms with Crippen molar-refractivity contribution in [3.63, 3.8) is 0 Å². The van der Waals surface area contributed by atoms with Crippen molar-refractivity contribution in [1.82, 2.24) is 34.7 Å². The Morgan fingerprint density at radius 1 is 1.26 bits per heavy atom. The quantitative estimate of drug-likeness (QED) is 0.591. The van der Waals surface area contributed by atoms with Crippen molar-refractivity contribution in [2.45, 2.75) is 51.8 Å². The average molecular weight is 489 g/mol. The largest absolute Gasteiger partial charge is 0.444 e. The Labute approximate surface area is 188 Å². The van der Waals surface area contributed by atoms with E-state index in [-0.39, 0.29) is 11.5 Å². The highest BCUT2D eigenvalue weighted by Crippen LogP contribution is 2.49. The third-order valence-electron chi connectivity index (χ3n) is 6.09. The molecule has 0 aromatic carbocycles. The molecule has 31 heavy (non-hydrogen) atoms. The number of carbonyl (C=O) groups is 1. The lowest BCUT2D eigenvalue weighted by molar-refractivity contribution is 0.0422. The molecule has 3 aromatic heterocycles. The third-order valence-corrected chi connectivity index (χ3v) is 6.65. The topological polar surface area (TPSA) is 102 Å². The predicted molar refractivity (Wildman–Crippen MR) is 117 cm³/mol. The zero-order valence-electron chi connectivity index (χ0n) is 17.7. The molecule has 0 aliphatic carbocycles. The SMILES string of the molecule is CC(C)(C)OC(=O)N[C@@H]1c2cnnn2CC12CCN(c1ncc(Br)c3nccn13)CC2. The van der Waals surface area contributed by atoms with Crippen LogP contribution in [-0.4, -0.2) is 54.1 Å². The molecule has 0 saturated carbocycles. The number of amides is 1. The van der Waals surface area contributed by atoms with E-state index in [9.17, 15) is 4.79 Å². The van der Waals surface area contributed by atoms with Crippen LogP contribution in [0.3, 0.4) is 0 Å². The fraction of sp³-hybridized carbons (Fsp3) is 0.550. The van der Waals surface area contributed by atoms with E-state index in [0.29, 0.717) is 0 Å². The predicted octanol–water partition coefficient (Wildman–Crippen LogP) is 2.95. The zero-order chi connectivity index (χ0) is 21.8. The van der Waals surface area contributed by atoms with Crippen LogP contribution in [0.2, 0.25) is 0 Å². The minimum Gasteiger partial charge on any atom is -0.444 e. The number of hydrogen-bond acceptors (Lipinski definition) is 7. The molecule has 0 unspecified atom stereocenters. The number of ether oxygens (including phenoxy) is 1. The number of anilines is 1. The van der Waals surface area contributed by atoms with E-state index in [0.717, 1.165) is 54.2 Å². The highest BCUT2D eigenvalue weighted by atomic mass is 79.9. The van der Waals surface area contributed by atoms with Crippen molar-refractivity contribution >= 4 is 33.6 Å². The Bertz CT molecular complexity index is 1130. The maximum atomic E-state index is 12.6. The monoisotopic (exact) mass is 488 g/mol. The second-order valence-electron chi connectivity index (χ2n) is 9.27. The van der Waals surface area contributed by atoms with E-state index in [2.05, 4.69) is 46.4 Å². The van der Waals surface area contributed by atoms with Gasteiger partial charge in [0.05, 0.1) is 29.0 Å². The smallest absolute Gasteiger partial charge is 0.408 e. The molecule has 0 bridgehead atoms. The standard InChI is InChI=1S/C20H25BrN8O2/c1-19(2,3)31-18(30)25-15-14-11-24-26-29(14)12-20(15)4-7-27(8-5-20)17-23-10-13(21)16-22-6-9-28(16)17/h6,9-11,15H,4-5,7-8,12H2,1-3H3,(H,25,30)/t15-/m1/s1. The first-order chi connectivity index (χ1) is 14.8. The highest BCUT2D eigenvalue weighted by molar-refractivity contribution is 9.10. The molecule has 5 rings (SSSR count). The molecule has 11 heteroatoms. The maximum Gasteiger partial charge on any atom is 0.408 e. The van der Waals surface area contributed by atoms with Gasteiger partial charge in [0, 0.05) is 37.1 Å². The third kappa shape index (κ3) is 3.54. The number of nitrogens with zero attached hydrogens (tertiary/aromatic N) is 7. The van der Waals surface area contributed by atoms with Gasteiger partial charge in [0.25, 0.3) is 0 Å². The van der Waals surface area contributed by atoms with Gasteiger partial charge in [0.1, 0.15) is 5.60 Å². The summed E-state index contributed by atoms with van der Waals surface area (Å²) in [6, 6.07) is -0.189. The Kier molecular flexibility index (Phi) is 4.68. The van der Waals surface area contributed by atoms with E-state index >= 15 is 0 Å². The number of aromatic nitrogens is 6. The van der Waals surface area contributed by atoms with Gasteiger partial charge in [-0.05, 0) is 49.5 Å². The summed E-state index contributed by atoms with van der Waals surface area (Å²) < 4.78 is 10.3. The molecule has 164 valence electrons. The number of imidazole rings is 1. The van der Waals surface area contributed by atoms with Gasteiger partial charge in [-0.1, -0.05) is 5.21 Å². The number of piperidine rings is 1. The average Bonchev–Trinajstić information content (AvgIpc) is 3.40. The number of alkyl carbamates (subject to hydrolysis) is 1. The number of hydrogen-bond donors (Lipinski definition) is 1. The van der Waals surface area contributed by atoms with Crippen molar-refractivity contribution in [3.8, 4) is 0 Å². The Morgan fingerprint density at radius 2 is 2.03 bits per heavy atom. The molecule has 3 aromatic rings. The van der Waals surface area contributed by atoms with Gasteiger partial charge in [-0.25, -0.2) is 19.4 Å². The Balaban J connectivity index is 1.37. The number of carbonyl (C=O) groups excluding carboxylic acids is 1. The van der Waals surface area contributed by atoms with Crippen molar-refractivity contribution in [3.05, 3.63) is 35.0 Å². The van der Waals surface area contributed by atoms with E-state index in [1.54, 1.807) is 18.6 Å². The lowest BCUT2D eigenvalue weighted by Crippen LogP contribution is -2.48. The molecule has 2 aliphatic heterocycles. The fourth-order valence-electron chi connectivity index (χ4n) is 4.68. The van der Waals surface area contributed by atoms with Gasteiger partial charge in [0.2, 0.25) is 5.95 Å². The molecular formula is C20H25BrN8O2. The summed E-state index contributed by atoms with van der Waals surface area (Å²) in [4.78, 5) is 23.9. The van der Waals surface area contributed by atoms with E-state index in [1.807, 2.05) is 36.1 Å². The molecule has 0 radical (unpaired) electrons. The van der Waals surface area contributed by atoms with Crippen LogP contribution in [0, 0.1) is 5.41 Å². The second kappa shape index (κ2) is 7.18. The minimum atomic E-state index is -0.554. The first-order valence-corrected chi connectivity index (χ1v) is 11.2. The number of nitrogens with one attached hydrogen (secondary N) is 1.